The number of likely N-dealkylation sites (tertiary alicyclic amines) is 1. The predicted molar refractivity (Wildman–Crippen MR) is 84.2 cm³/mol. The molecule has 20 heavy (non-hydrogen) atoms. The van der Waals surface area contributed by atoms with Crippen LogP contribution in [0.4, 0.5) is 0 Å². The van der Waals surface area contributed by atoms with E-state index in [-0.39, 0.29) is 0 Å². The number of hydrogen-bond donors (Lipinski definition) is 0. The van der Waals surface area contributed by atoms with Gasteiger partial charge in [0.25, 0.3) is 0 Å². The zero-order valence-corrected chi connectivity index (χ0v) is 12.8. The van der Waals surface area contributed by atoms with Crippen molar-refractivity contribution in [1.29, 1.82) is 0 Å². The first-order valence-corrected chi connectivity index (χ1v) is 7.98. The van der Waals surface area contributed by atoms with Crippen molar-refractivity contribution < 1.29 is 0 Å². The summed E-state index contributed by atoms with van der Waals surface area (Å²) in [6, 6.07) is 8.81. The number of aryl methyl sites for hydroxylation is 1. The Balaban J connectivity index is 1.67. The highest BCUT2D eigenvalue weighted by molar-refractivity contribution is 6.34. The van der Waals surface area contributed by atoms with Crippen molar-refractivity contribution in [3.05, 3.63) is 29.4 Å². The van der Waals surface area contributed by atoms with E-state index in [9.17, 15) is 0 Å². The van der Waals surface area contributed by atoms with E-state index >= 15 is 0 Å². The number of hydrogen-bond acceptors (Lipinski definition) is 2. The summed E-state index contributed by atoms with van der Waals surface area (Å²) in [4.78, 5) is 2.61. The van der Waals surface area contributed by atoms with Crippen LogP contribution < -0.4 is 0 Å². The molecule has 0 saturated carbocycles. The van der Waals surface area contributed by atoms with Gasteiger partial charge >= 0.3 is 0 Å². The van der Waals surface area contributed by atoms with Crippen LogP contribution in [0.2, 0.25) is 5.15 Å². The first-order chi connectivity index (χ1) is 9.75. The number of nitrogens with zero attached hydrogens (tertiary/aromatic N) is 3. The summed E-state index contributed by atoms with van der Waals surface area (Å²) < 4.78 is 2.05. The first-order valence-electron chi connectivity index (χ1n) is 7.61. The maximum absolute atomic E-state index is 6.20. The highest BCUT2D eigenvalue weighted by Crippen LogP contribution is 2.23. The van der Waals surface area contributed by atoms with E-state index in [1.54, 1.807) is 0 Å². The molecular weight excluding hydrogens is 270 g/mol. The summed E-state index contributed by atoms with van der Waals surface area (Å²) in [5.41, 5.74) is 1.14. The van der Waals surface area contributed by atoms with Crippen LogP contribution in [0.25, 0.3) is 10.9 Å². The second kappa shape index (κ2) is 6.15. The minimum absolute atomic E-state index is 0.617. The quantitative estimate of drug-likeness (QED) is 0.850. The number of benzene rings is 1. The summed E-state index contributed by atoms with van der Waals surface area (Å²) >= 11 is 6.20. The Hall–Kier alpha value is -1.06. The molecule has 2 heterocycles. The molecule has 108 valence electrons. The number of piperidine rings is 1. The lowest BCUT2D eigenvalue weighted by atomic mass is 10.1. The standard InChI is InChI=1S/C16H22ClN3/c1-13(19-10-5-2-6-11-19)9-12-20-15-8-4-3-7-14(15)16(17)18-20/h3-4,7-8,13H,2,5-6,9-12H2,1H3. The van der Waals surface area contributed by atoms with E-state index in [0.717, 1.165) is 23.9 Å². The minimum Gasteiger partial charge on any atom is -0.301 e. The zero-order chi connectivity index (χ0) is 13.9. The van der Waals surface area contributed by atoms with Crippen LogP contribution in [-0.2, 0) is 6.54 Å². The molecule has 0 spiro atoms. The molecule has 1 aliphatic heterocycles. The number of aromatic nitrogens is 2. The van der Waals surface area contributed by atoms with Crippen LogP contribution >= 0.6 is 11.6 Å². The van der Waals surface area contributed by atoms with Gasteiger partial charge in [-0.3, -0.25) is 4.68 Å². The Bertz CT molecular complexity index is 572. The topological polar surface area (TPSA) is 21.1 Å². The van der Waals surface area contributed by atoms with Crippen molar-refractivity contribution in [3.63, 3.8) is 0 Å². The maximum Gasteiger partial charge on any atom is 0.158 e. The largest absolute Gasteiger partial charge is 0.301 e. The van der Waals surface area contributed by atoms with E-state index in [1.165, 1.54) is 32.4 Å². The second-order valence-corrected chi connectivity index (χ2v) is 6.12. The molecule has 1 aromatic heterocycles. The van der Waals surface area contributed by atoms with Gasteiger partial charge in [0.2, 0.25) is 0 Å². The SMILES string of the molecule is CC(CCn1nc(Cl)c2ccccc21)N1CCCCC1. The molecule has 1 atom stereocenters. The van der Waals surface area contributed by atoms with Crippen molar-refractivity contribution in [1.82, 2.24) is 14.7 Å². The average molecular weight is 292 g/mol. The number of halogens is 1. The van der Waals surface area contributed by atoms with Crippen molar-refractivity contribution >= 4 is 22.5 Å². The fourth-order valence-corrected chi connectivity index (χ4v) is 3.36. The molecule has 1 saturated heterocycles. The summed E-state index contributed by atoms with van der Waals surface area (Å²) in [5, 5.41) is 6.14. The Morgan fingerprint density at radius 3 is 2.75 bits per heavy atom. The van der Waals surface area contributed by atoms with Crippen molar-refractivity contribution in [3.8, 4) is 0 Å². The summed E-state index contributed by atoms with van der Waals surface area (Å²) in [6.45, 7) is 5.77. The molecule has 1 aromatic carbocycles. The molecule has 0 aliphatic carbocycles. The van der Waals surface area contributed by atoms with Crippen LogP contribution in [0.1, 0.15) is 32.6 Å². The smallest absolute Gasteiger partial charge is 0.158 e. The third kappa shape index (κ3) is 2.84. The van der Waals surface area contributed by atoms with Gasteiger partial charge in [-0.25, -0.2) is 0 Å². The molecular formula is C16H22ClN3. The van der Waals surface area contributed by atoms with Crippen LogP contribution in [0.5, 0.6) is 0 Å². The normalized spacial score (nSPS) is 18.5. The summed E-state index contributed by atoms with van der Waals surface area (Å²) in [6.07, 6.45) is 5.21. The average Bonchev–Trinajstić information content (AvgIpc) is 2.83. The monoisotopic (exact) mass is 291 g/mol. The molecule has 2 aromatic rings. The number of fused-ring (bicyclic) bond motifs is 1. The number of para-hydroxylation sites is 1. The van der Waals surface area contributed by atoms with Crippen LogP contribution in [0, 0.1) is 0 Å². The van der Waals surface area contributed by atoms with E-state index in [2.05, 4.69) is 27.7 Å². The lowest BCUT2D eigenvalue weighted by Gasteiger charge is -2.32. The molecule has 3 nitrogen and oxygen atoms in total. The maximum atomic E-state index is 6.20. The summed E-state index contributed by atoms with van der Waals surface area (Å²) in [5.74, 6) is 0. The fourth-order valence-electron chi connectivity index (χ4n) is 3.11. The Labute approximate surface area is 125 Å². The Morgan fingerprint density at radius 1 is 1.20 bits per heavy atom. The van der Waals surface area contributed by atoms with Gasteiger partial charge in [0.15, 0.2) is 5.15 Å². The van der Waals surface area contributed by atoms with Gasteiger partial charge in [0.1, 0.15) is 0 Å². The Kier molecular flexibility index (Phi) is 4.27. The van der Waals surface area contributed by atoms with Crippen LogP contribution in [-0.4, -0.2) is 33.8 Å². The van der Waals surface area contributed by atoms with E-state index in [0.29, 0.717) is 11.2 Å². The van der Waals surface area contributed by atoms with Gasteiger partial charge in [-0.05, 0) is 51.4 Å². The van der Waals surface area contributed by atoms with E-state index < -0.39 is 0 Å². The van der Waals surface area contributed by atoms with Crippen LogP contribution in [0.3, 0.4) is 0 Å². The first kappa shape index (κ1) is 13.9. The van der Waals surface area contributed by atoms with E-state index in [1.807, 2.05) is 18.2 Å². The molecule has 0 N–H and O–H groups in total. The molecule has 0 bridgehead atoms. The third-order valence-electron chi connectivity index (χ3n) is 4.39. The highest BCUT2D eigenvalue weighted by atomic mass is 35.5. The van der Waals surface area contributed by atoms with Gasteiger partial charge in [-0.2, -0.15) is 5.10 Å². The molecule has 4 heteroatoms. The second-order valence-electron chi connectivity index (χ2n) is 5.77. The minimum atomic E-state index is 0.617. The molecule has 0 radical (unpaired) electrons. The van der Waals surface area contributed by atoms with Gasteiger partial charge in [0, 0.05) is 18.0 Å². The van der Waals surface area contributed by atoms with Crippen molar-refractivity contribution in [2.75, 3.05) is 13.1 Å². The molecule has 1 unspecified atom stereocenters. The molecule has 1 aliphatic rings. The zero-order valence-electron chi connectivity index (χ0n) is 12.1. The predicted octanol–water partition coefficient (Wildman–Crippen LogP) is 3.95. The van der Waals surface area contributed by atoms with Gasteiger partial charge in [0.05, 0.1) is 5.52 Å². The van der Waals surface area contributed by atoms with Crippen molar-refractivity contribution in [2.45, 2.75) is 45.2 Å². The summed E-state index contributed by atoms with van der Waals surface area (Å²) in [7, 11) is 0. The Morgan fingerprint density at radius 2 is 1.95 bits per heavy atom. The molecule has 3 rings (SSSR count). The lowest BCUT2D eigenvalue weighted by Crippen LogP contribution is -2.37. The highest BCUT2D eigenvalue weighted by Gasteiger charge is 2.17. The van der Waals surface area contributed by atoms with Crippen molar-refractivity contribution in [2.24, 2.45) is 0 Å². The van der Waals surface area contributed by atoms with E-state index in [4.69, 9.17) is 11.6 Å². The molecule has 0 amide bonds. The number of rotatable bonds is 4. The third-order valence-corrected chi connectivity index (χ3v) is 4.66. The van der Waals surface area contributed by atoms with Gasteiger partial charge in [-0.1, -0.05) is 30.2 Å². The fraction of sp³-hybridized carbons (Fsp3) is 0.562. The van der Waals surface area contributed by atoms with Gasteiger partial charge < -0.3 is 4.90 Å². The molecule has 1 fully saturated rings. The van der Waals surface area contributed by atoms with Crippen LogP contribution in [0.15, 0.2) is 24.3 Å². The van der Waals surface area contributed by atoms with Gasteiger partial charge in [-0.15, -0.1) is 0 Å². The lowest BCUT2D eigenvalue weighted by molar-refractivity contribution is 0.162.